The van der Waals surface area contributed by atoms with Gasteiger partial charge in [-0.3, -0.25) is 14.9 Å². The average Bonchev–Trinajstić information content (AvgIpc) is 2.18. The quantitative estimate of drug-likeness (QED) is 0.444. The number of nitrogens with two attached hydrogens (primary N) is 1. The number of rotatable bonds is 2. The van der Waals surface area contributed by atoms with Gasteiger partial charge in [0.15, 0.2) is 0 Å². The predicted octanol–water partition coefficient (Wildman–Crippen LogP) is 1.07. The number of nitrogens with zero attached hydrogens (tertiary/aromatic N) is 1. The van der Waals surface area contributed by atoms with Gasteiger partial charge < -0.3 is 5.73 Å². The topological polar surface area (TPSA) is 86.2 Å². The van der Waals surface area contributed by atoms with E-state index in [1.54, 1.807) is 6.92 Å². The van der Waals surface area contributed by atoms with Crippen LogP contribution in [0, 0.1) is 22.0 Å². The van der Waals surface area contributed by atoms with E-state index < -0.39 is 10.8 Å². The molecule has 0 bridgehead atoms. The summed E-state index contributed by atoms with van der Waals surface area (Å²) in [5.41, 5.74) is 5.17. The van der Waals surface area contributed by atoms with Gasteiger partial charge in [-0.2, -0.15) is 0 Å². The molecular weight excluding hydrogens is 196 g/mol. The second kappa shape index (κ2) is 4.24. The Kier molecular flexibility index (Phi) is 3.03. The van der Waals surface area contributed by atoms with Crippen LogP contribution in [0.1, 0.15) is 22.8 Å². The van der Waals surface area contributed by atoms with Crippen LogP contribution in [0.3, 0.4) is 0 Å². The molecule has 1 rings (SSSR count). The normalized spacial score (nSPS) is 8.87. The number of primary amides is 1. The maximum Gasteiger partial charge on any atom is 0.285 e. The molecule has 0 fully saturated rings. The summed E-state index contributed by atoms with van der Waals surface area (Å²) in [6.07, 6.45) is 0. The maximum absolute atomic E-state index is 10.8. The molecule has 76 valence electrons. The molecule has 15 heavy (non-hydrogen) atoms. The molecule has 0 unspecified atom stereocenters. The highest BCUT2D eigenvalue weighted by Gasteiger charge is 2.14. The molecular formula is C10H8N2O3. The molecule has 0 saturated carbocycles. The van der Waals surface area contributed by atoms with E-state index in [2.05, 4.69) is 11.8 Å². The lowest BCUT2D eigenvalue weighted by Gasteiger charge is -1.98. The predicted molar refractivity (Wildman–Crippen MR) is 54.2 cm³/mol. The van der Waals surface area contributed by atoms with Gasteiger partial charge in [-0.05, 0) is 19.1 Å². The number of nitro groups is 1. The Morgan fingerprint density at radius 2 is 2.20 bits per heavy atom. The Balaban J connectivity index is 3.37. The van der Waals surface area contributed by atoms with Crippen molar-refractivity contribution in [2.75, 3.05) is 0 Å². The van der Waals surface area contributed by atoms with Gasteiger partial charge in [0.2, 0.25) is 5.91 Å². The minimum atomic E-state index is -0.700. The molecule has 0 aromatic heterocycles. The standard InChI is InChI=1S/C10H8N2O3/c1-2-3-7-4-5-8(10(11)13)6-9(7)12(14)15/h4-6H,1H3,(H2,11,13). The SMILES string of the molecule is CC#Cc1ccc(C(N)=O)cc1[N+](=O)[O-]. The summed E-state index contributed by atoms with van der Waals surface area (Å²) in [5.74, 6) is 4.44. The van der Waals surface area contributed by atoms with Crippen LogP contribution in [0.5, 0.6) is 0 Å². The summed E-state index contributed by atoms with van der Waals surface area (Å²) in [6.45, 7) is 1.58. The summed E-state index contributed by atoms with van der Waals surface area (Å²) in [5, 5.41) is 10.7. The van der Waals surface area contributed by atoms with Crippen molar-refractivity contribution < 1.29 is 9.72 Å². The Bertz CT molecular complexity index is 483. The number of hydrogen-bond acceptors (Lipinski definition) is 3. The Morgan fingerprint density at radius 1 is 1.53 bits per heavy atom. The fourth-order valence-corrected chi connectivity index (χ4v) is 1.08. The van der Waals surface area contributed by atoms with Crippen molar-refractivity contribution in [1.82, 2.24) is 0 Å². The summed E-state index contributed by atoms with van der Waals surface area (Å²) in [4.78, 5) is 20.9. The van der Waals surface area contributed by atoms with E-state index in [0.717, 1.165) is 6.07 Å². The lowest BCUT2D eigenvalue weighted by atomic mass is 10.1. The van der Waals surface area contributed by atoms with Crippen LogP contribution < -0.4 is 5.73 Å². The van der Waals surface area contributed by atoms with Crippen LogP contribution in [-0.2, 0) is 0 Å². The number of amides is 1. The van der Waals surface area contributed by atoms with Gasteiger partial charge in [-0.1, -0.05) is 5.92 Å². The molecule has 0 aliphatic rings. The Hall–Kier alpha value is -2.35. The van der Waals surface area contributed by atoms with Crippen molar-refractivity contribution in [2.24, 2.45) is 5.73 Å². The van der Waals surface area contributed by atoms with Gasteiger partial charge in [-0.15, -0.1) is 5.92 Å². The van der Waals surface area contributed by atoms with Gasteiger partial charge in [0.05, 0.1) is 4.92 Å². The fourth-order valence-electron chi connectivity index (χ4n) is 1.08. The molecule has 0 aliphatic heterocycles. The summed E-state index contributed by atoms with van der Waals surface area (Å²) < 4.78 is 0. The highest BCUT2D eigenvalue weighted by molar-refractivity contribution is 5.93. The molecule has 0 atom stereocenters. The summed E-state index contributed by atoms with van der Waals surface area (Å²) in [6, 6.07) is 3.95. The van der Waals surface area contributed by atoms with Gasteiger partial charge in [0, 0.05) is 11.6 Å². The molecule has 1 amide bonds. The minimum absolute atomic E-state index is 0.100. The van der Waals surface area contributed by atoms with Crippen molar-refractivity contribution in [2.45, 2.75) is 6.92 Å². The van der Waals surface area contributed by atoms with E-state index in [1.165, 1.54) is 12.1 Å². The van der Waals surface area contributed by atoms with E-state index in [0.29, 0.717) is 0 Å². The third kappa shape index (κ3) is 2.31. The Labute approximate surface area is 86.0 Å². The monoisotopic (exact) mass is 204 g/mol. The number of carbonyl (C=O) groups excluding carboxylic acids is 1. The van der Waals surface area contributed by atoms with Crippen LogP contribution >= 0.6 is 0 Å². The number of benzene rings is 1. The van der Waals surface area contributed by atoms with E-state index in [9.17, 15) is 14.9 Å². The number of nitro benzene ring substituents is 1. The van der Waals surface area contributed by atoms with Crippen LogP contribution in [-0.4, -0.2) is 10.8 Å². The lowest BCUT2D eigenvalue weighted by molar-refractivity contribution is -0.385. The zero-order valence-electron chi connectivity index (χ0n) is 7.98. The molecule has 0 aliphatic carbocycles. The zero-order chi connectivity index (χ0) is 11.4. The molecule has 0 heterocycles. The second-order valence-corrected chi connectivity index (χ2v) is 2.73. The second-order valence-electron chi connectivity index (χ2n) is 2.73. The van der Waals surface area contributed by atoms with Crippen molar-refractivity contribution in [1.29, 1.82) is 0 Å². The maximum atomic E-state index is 10.8. The average molecular weight is 204 g/mol. The third-order valence-corrected chi connectivity index (χ3v) is 1.74. The van der Waals surface area contributed by atoms with Crippen molar-refractivity contribution in [3.63, 3.8) is 0 Å². The molecule has 5 heteroatoms. The van der Waals surface area contributed by atoms with Gasteiger partial charge >= 0.3 is 0 Å². The Morgan fingerprint density at radius 3 is 2.67 bits per heavy atom. The highest BCUT2D eigenvalue weighted by atomic mass is 16.6. The smallest absolute Gasteiger partial charge is 0.285 e. The van der Waals surface area contributed by atoms with E-state index in [-0.39, 0.29) is 16.8 Å². The van der Waals surface area contributed by atoms with Crippen LogP contribution in [0.2, 0.25) is 0 Å². The van der Waals surface area contributed by atoms with Gasteiger partial charge in [0.25, 0.3) is 5.69 Å². The van der Waals surface area contributed by atoms with E-state index >= 15 is 0 Å². The highest BCUT2D eigenvalue weighted by Crippen LogP contribution is 2.19. The van der Waals surface area contributed by atoms with E-state index in [4.69, 9.17) is 5.73 Å². The van der Waals surface area contributed by atoms with Crippen molar-refractivity contribution in [3.8, 4) is 11.8 Å². The summed E-state index contributed by atoms with van der Waals surface area (Å²) >= 11 is 0. The third-order valence-electron chi connectivity index (χ3n) is 1.74. The molecule has 1 aromatic rings. The molecule has 5 nitrogen and oxygen atoms in total. The first-order valence-electron chi connectivity index (χ1n) is 4.07. The van der Waals surface area contributed by atoms with Gasteiger partial charge in [-0.25, -0.2) is 0 Å². The van der Waals surface area contributed by atoms with Crippen LogP contribution in [0.25, 0.3) is 0 Å². The van der Waals surface area contributed by atoms with Crippen molar-refractivity contribution >= 4 is 11.6 Å². The van der Waals surface area contributed by atoms with Crippen LogP contribution in [0.15, 0.2) is 18.2 Å². The molecule has 0 spiro atoms. The first-order valence-corrected chi connectivity index (χ1v) is 4.07. The first-order chi connectivity index (χ1) is 7.06. The molecule has 0 radical (unpaired) electrons. The molecule has 2 N–H and O–H groups in total. The fraction of sp³-hybridized carbons (Fsp3) is 0.100. The van der Waals surface area contributed by atoms with Crippen molar-refractivity contribution in [3.05, 3.63) is 39.4 Å². The largest absolute Gasteiger partial charge is 0.366 e. The summed E-state index contributed by atoms with van der Waals surface area (Å²) in [7, 11) is 0. The molecule has 0 saturated heterocycles. The zero-order valence-corrected chi connectivity index (χ0v) is 7.98. The first kappa shape index (κ1) is 10.7. The van der Waals surface area contributed by atoms with E-state index in [1.807, 2.05) is 0 Å². The number of carbonyl (C=O) groups is 1. The van der Waals surface area contributed by atoms with Gasteiger partial charge in [0.1, 0.15) is 5.56 Å². The van der Waals surface area contributed by atoms with Crippen LogP contribution in [0.4, 0.5) is 5.69 Å². The molecule has 1 aromatic carbocycles. The lowest BCUT2D eigenvalue weighted by Crippen LogP contribution is -2.11. The minimum Gasteiger partial charge on any atom is -0.366 e. The number of hydrogen-bond donors (Lipinski definition) is 1.